The average Bonchev–Trinajstić information content (AvgIpc) is 3.42. The average molecular weight is 436 g/mol. The summed E-state index contributed by atoms with van der Waals surface area (Å²) in [5.74, 6) is 0.779. The summed E-state index contributed by atoms with van der Waals surface area (Å²) >= 11 is 0. The topological polar surface area (TPSA) is 151 Å². The molecule has 0 unspecified atom stereocenters. The number of fused-ring (bicyclic) bond motifs is 1. The molecule has 0 aliphatic carbocycles. The van der Waals surface area contributed by atoms with Gasteiger partial charge >= 0.3 is 0 Å². The largest absolute Gasteiger partial charge is 0.323 e. The van der Waals surface area contributed by atoms with Gasteiger partial charge in [0.15, 0.2) is 11.5 Å². The zero-order valence-corrected chi connectivity index (χ0v) is 17.6. The lowest BCUT2D eigenvalue weighted by atomic mass is 10.0. The third kappa shape index (κ3) is 3.55. The maximum atomic E-state index is 12.3. The van der Waals surface area contributed by atoms with E-state index in [1.54, 1.807) is 31.6 Å². The molecule has 0 aliphatic rings. The van der Waals surface area contributed by atoms with Crippen molar-refractivity contribution in [1.29, 1.82) is 5.26 Å². The molecule has 0 saturated carbocycles. The van der Waals surface area contributed by atoms with Crippen molar-refractivity contribution in [2.24, 2.45) is 0 Å². The van der Waals surface area contributed by atoms with Crippen LogP contribution in [0.15, 0.2) is 49.1 Å². The Morgan fingerprint density at radius 1 is 1.18 bits per heavy atom. The number of carbonyl (C=O) groups excluding carboxylic acids is 1. The molecular weight excluding hydrogens is 420 g/mol. The highest BCUT2D eigenvalue weighted by molar-refractivity contribution is 6.00. The van der Waals surface area contributed by atoms with E-state index in [0.29, 0.717) is 34.3 Å². The maximum Gasteiger partial charge on any atom is 0.247 e. The minimum absolute atomic E-state index is 0.155. The molecule has 0 radical (unpaired) electrons. The molecule has 5 rings (SSSR count). The number of pyridine rings is 1. The number of nitriles is 1. The number of H-pyrrole nitrogens is 1. The molecule has 5 aromatic rings. The molecule has 2 N–H and O–H groups in total. The van der Waals surface area contributed by atoms with E-state index in [0.717, 1.165) is 16.7 Å². The van der Waals surface area contributed by atoms with Gasteiger partial charge in [-0.2, -0.15) is 15.5 Å². The molecule has 33 heavy (non-hydrogen) atoms. The van der Waals surface area contributed by atoms with E-state index in [1.807, 2.05) is 22.8 Å². The number of hydrogen-bond donors (Lipinski definition) is 2. The fraction of sp³-hybridized carbons (Fsp3) is 0.0909. The zero-order valence-electron chi connectivity index (χ0n) is 17.6. The number of Topliss-reactive ketones (excluding diaryl/α,β-unsaturated/α-hetero) is 1. The van der Waals surface area contributed by atoms with Crippen molar-refractivity contribution in [3.05, 3.63) is 66.0 Å². The SMILES string of the molecule is CC(=O)c1ccc(-n2cnc3cc(Nc4nccnn4)ccc32)nc1-c1c(C#N)n[nH]c1C. The zero-order chi connectivity index (χ0) is 22.9. The first-order valence-corrected chi connectivity index (χ1v) is 9.91. The molecule has 1 aromatic carbocycles. The normalized spacial score (nSPS) is 10.8. The monoisotopic (exact) mass is 436 g/mol. The highest BCUT2D eigenvalue weighted by Crippen LogP contribution is 2.30. The molecular formula is C22H16N10O. The van der Waals surface area contributed by atoms with Crippen molar-refractivity contribution in [3.8, 4) is 23.1 Å². The number of aromatic amines is 1. The van der Waals surface area contributed by atoms with Crippen LogP contribution >= 0.6 is 0 Å². The first-order chi connectivity index (χ1) is 16.0. The van der Waals surface area contributed by atoms with Crippen LogP contribution in [0.4, 0.5) is 11.6 Å². The summed E-state index contributed by atoms with van der Waals surface area (Å²) < 4.78 is 1.81. The lowest BCUT2D eigenvalue weighted by Crippen LogP contribution is -2.04. The van der Waals surface area contributed by atoms with Crippen LogP contribution in [0.2, 0.25) is 0 Å². The number of imidazole rings is 1. The summed E-state index contributed by atoms with van der Waals surface area (Å²) in [5.41, 5.74) is 4.45. The Balaban J connectivity index is 1.59. The fourth-order valence-corrected chi connectivity index (χ4v) is 3.56. The number of carbonyl (C=O) groups is 1. The van der Waals surface area contributed by atoms with Crippen LogP contribution in [0.5, 0.6) is 0 Å². The maximum absolute atomic E-state index is 12.3. The highest BCUT2D eigenvalue weighted by atomic mass is 16.1. The number of aromatic nitrogens is 8. The Morgan fingerprint density at radius 2 is 2.06 bits per heavy atom. The number of hydrogen-bond acceptors (Lipinski definition) is 9. The number of aryl methyl sites for hydroxylation is 1. The summed E-state index contributed by atoms with van der Waals surface area (Å²) in [5, 5.41) is 27.1. The highest BCUT2D eigenvalue weighted by Gasteiger charge is 2.21. The van der Waals surface area contributed by atoms with Crippen LogP contribution < -0.4 is 5.32 Å². The van der Waals surface area contributed by atoms with Gasteiger partial charge in [0.2, 0.25) is 5.95 Å². The first kappa shape index (κ1) is 20.0. The molecule has 0 fully saturated rings. The Bertz CT molecular complexity index is 1550. The molecule has 0 amide bonds. The number of rotatable bonds is 5. The van der Waals surface area contributed by atoms with Gasteiger partial charge in [-0.05, 0) is 44.2 Å². The standard InChI is InChI=1S/C22H16N10O/c1-12-20(17(10-23)30-29-12)21-15(13(2)33)4-6-19(28-21)32-11-25-16-9-14(3-5-18(16)32)27-22-24-7-8-26-31-22/h3-9,11H,1-2H3,(H,29,30)(H,24,27,31). The third-order valence-corrected chi connectivity index (χ3v) is 5.08. The van der Waals surface area contributed by atoms with Crippen molar-refractivity contribution in [3.63, 3.8) is 0 Å². The Hall–Kier alpha value is -4.98. The molecule has 0 bridgehead atoms. The fourth-order valence-electron chi connectivity index (χ4n) is 3.56. The molecule has 0 atom stereocenters. The van der Waals surface area contributed by atoms with Crippen molar-refractivity contribution < 1.29 is 4.79 Å². The molecule has 11 nitrogen and oxygen atoms in total. The summed E-state index contributed by atoms with van der Waals surface area (Å²) in [4.78, 5) is 25.6. The molecule has 4 heterocycles. The van der Waals surface area contributed by atoms with E-state index in [4.69, 9.17) is 4.98 Å². The molecule has 0 spiro atoms. The van der Waals surface area contributed by atoms with Gasteiger partial charge < -0.3 is 5.32 Å². The minimum atomic E-state index is -0.155. The Morgan fingerprint density at radius 3 is 2.82 bits per heavy atom. The van der Waals surface area contributed by atoms with Gasteiger partial charge in [0.1, 0.15) is 18.2 Å². The van der Waals surface area contributed by atoms with Crippen LogP contribution in [-0.2, 0) is 0 Å². The minimum Gasteiger partial charge on any atom is -0.323 e. The van der Waals surface area contributed by atoms with Crippen molar-refractivity contribution in [2.75, 3.05) is 5.32 Å². The lowest BCUT2D eigenvalue weighted by Gasteiger charge is -2.10. The second-order valence-corrected chi connectivity index (χ2v) is 7.22. The second-order valence-electron chi connectivity index (χ2n) is 7.22. The predicted octanol–water partition coefficient (Wildman–Crippen LogP) is 3.12. The molecule has 0 aliphatic heterocycles. The number of benzene rings is 1. The summed E-state index contributed by atoms with van der Waals surface area (Å²) in [7, 11) is 0. The van der Waals surface area contributed by atoms with Gasteiger partial charge in [-0.3, -0.25) is 14.5 Å². The summed E-state index contributed by atoms with van der Waals surface area (Å²) in [6, 6.07) is 11.1. The Kier molecular flexibility index (Phi) is 4.80. The van der Waals surface area contributed by atoms with E-state index in [9.17, 15) is 10.1 Å². The van der Waals surface area contributed by atoms with Gasteiger partial charge in [-0.15, -0.1) is 5.10 Å². The van der Waals surface area contributed by atoms with Crippen molar-refractivity contribution >= 4 is 28.5 Å². The summed E-state index contributed by atoms with van der Waals surface area (Å²) in [6.07, 6.45) is 4.71. The van der Waals surface area contributed by atoms with Gasteiger partial charge in [0, 0.05) is 16.9 Å². The number of anilines is 2. The van der Waals surface area contributed by atoms with Gasteiger partial charge in [0.05, 0.1) is 34.7 Å². The number of nitrogens with zero attached hydrogens (tertiary/aromatic N) is 8. The second kappa shape index (κ2) is 7.93. The lowest BCUT2D eigenvalue weighted by molar-refractivity contribution is 0.101. The Labute approximate surface area is 187 Å². The molecule has 4 aromatic heterocycles. The van der Waals surface area contributed by atoms with Crippen LogP contribution in [0, 0.1) is 18.3 Å². The van der Waals surface area contributed by atoms with Crippen LogP contribution in [0.3, 0.4) is 0 Å². The van der Waals surface area contributed by atoms with E-state index in [1.165, 1.54) is 13.1 Å². The smallest absolute Gasteiger partial charge is 0.247 e. The molecule has 160 valence electrons. The van der Waals surface area contributed by atoms with Gasteiger partial charge in [0.25, 0.3) is 0 Å². The number of nitrogens with one attached hydrogen (secondary N) is 2. The van der Waals surface area contributed by atoms with E-state index < -0.39 is 0 Å². The van der Waals surface area contributed by atoms with Crippen LogP contribution in [0.25, 0.3) is 28.1 Å². The molecule has 0 saturated heterocycles. The molecule has 11 heteroatoms. The van der Waals surface area contributed by atoms with Gasteiger partial charge in [-0.1, -0.05) is 0 Å². The van der Waals surface area contributed by atoms with Gasteiger partial charge in [-0.25, -0.2) is 15.0 Å². The summed E-state index contributed by atoms with van der Waals surface area (Å²) in [6.45, 7) is 3.25. The van der Waals surface area contributed by atoms with E-state index in [-0.39, 0.29) is 11.5 Å². The van der Waals surface area contributed by atoms with E-state index >= 15 is 0 Å². The van der Waals surface area contributed by atoms with Crippen LogP contribution in [-0.4, -0.2) is 45.7 Å². The van der Waals surface area contributed by atoms with E-state index in [2.05, 4.69) is 41.7 Å². The number of ketones is 1. The van der Waals surface area contributed by atoms with Crippen molar-refractivity contribution in [1.82, 2.24) is 39.9 Å². The van der Waals surface area contributed by atoms with Crippen LogP contribution in [0.1, 0.15) is 28.7 Å². The van der Waals surface area contributed by atoms with Crippen molar-refractivity contribution in [2.45, 2.75) is 13.8 Å². The quantitative estimate of drug-likeness (QED) is 0.396. The third-order valence-electron chi connectivity index (χ3n) is 5.08. The predicted molar refractivity (Wildman–Crippen MR) is 119 cm³/mol. The first-order valence-electron chi connectivity index (χ1n) is 9.91.